The summed E-state index contributed by atoms with van der Waals surface area (Å²) in [4.78, 5) is 11.7. The summed E-state index contributed by atoms with van der Waals surface area (Å²) in [5.41, 5.74) is 1.15. The predicted molar refractivity (Wildman–Crippen MR) is 69.1 cm³/mol. The van der Waals surface area contributed by atoms with E-state index in [-0.39, 0.29) is 5.78 Å². The molecule has 1 aromatic rings. The highest BCUT2D eigenvalue weighted by Gasteiger charge is 2.35. The van der Waals surface area contributed by atoms with Crippen molar-refractivity contribution in [2.45, 2.75) is 44.3 Å². The second-order valence-corrected chi connectivity index (χ2v) is 5.04. The lowest BCUT2D eigenvalue weighted by Crippen LogP contribution is -2.41. The number of hydrogen-bond acceptors (Lipinski definition) is 3. The molecule has 3 nitrogen and oxygen atoms in total. The third-order valence-electron chi connectivity index (χ3n) is 3.70. The van der Waals surface area contributed by atoms with Crippen molar-refractivity contribution in [2.75, 3.05) is 0 Å². The summed E-state index contributed by atoms with van der Waals surface area (Å²) in [7, 11) is 0. The molecule has 0 spiro atoms. The molecule has 1 fully saturated rings. The lowest BCUT2D eigenvalue weighted by molar-refractivity contribution is -0.135. The Labute approximate surface area is 107 Å². The number of rotatable bonds is 4. The van der Waals surface area contributed by atoms with Gasteiger partial charge in [0.2, 0.25) is 0 Å². The van der Waals surface area contributed by atoms with Crippen LogP contribution in [-0.4, -0.2) is 28.2 Å². The molecule has 0 bridgehead atoms. The minimum atomic E-state index is -0.729. The van der Waals surface area contributed by atoms with Crippen LogP contribution in [0.1, 0.15) is 31.2 Å². The maximum absolute atomic E-state index is 11.7. The van der Waals surface area contributed by atoms with Crippen LogP contribution in [-0.2, 0) is 11.2 Å². The van der Waals surface area contributed by atoms with E-state index in [0.717, 1.165) is 18.4 Å². The Balaban J connectivity index is 1.91. The van der Waals surface area contributed by atoms with E-state index in [1.54, 1.807) is 0 Å². The molecule has 98 valence electrons. The Hall–Kier alpha value is -1.19. The van der Waals surface area contributed by atoms with Crippen LogP contribution in [0.4, 0.5) is 0 Å². The minimum absolute atomic E-state index is 0.00862. The highest BCUT2D eigenvalue weighted by atomic mass is 16.3. The first-order valence-corrected chi connectivity index (χ1v) is 6.61. The summed E-state index contributed by atoms with van der Waals surface area (Å²) < 4.78 is 0. The Bertz CT molecular complexity index is 388. The maximum atomic E-state index is 11.7. The molecule has 1 aliphatic carbocycles. The number of Topliss-reactive ketones (excluding diaryl/α,β-unsaturated/α-hetero) is 1. The molecule has 0 unspecified atom stereocenters. The minimum Gasteiger partial charge on any atom is -0.392 e. The molecule has 0 heterocycles. The van der Waals surface area contributed by atoms with Crippen LogP contribution in [0.5, 0.6) is 0 Å². The number of aliphatic hydroxyl groups excluding tert-OH is 2. The Kier molecular flexibility index (Phi) is 4.50. The first kappa shape index (κ1) is 13.2. The standard InChI is InChI=1S/C15H20O3/c16-12-7-4-8-13(17)15(12)14(18)10-9-11-5-2-1-3-6-11/h1-3,5-6,12,14-16,18H,4,7-10H2/t12-,14+,15+/m1/s1. The molecule has 0 amide bonds. The van der Waals surface area contributed by atoms with Crippen molar-refractivity contribution in [3.63, 3.8) is 0 Å². The van der Waals surface area contributed by atoms with E-state index in [9.17, 15) is 15.0 Å². The molecular weight excluding hydrogens is 228 g/mol. The van der Waals surface area contributed by atoms with E-state index in [4.69, 9.17) is 0 Å². The van der Waals surface area contributed by atoms with Gasteiger partial charge in [-0.3, -0.25) is 4.79 Å². The van der Waals surface area contributed by atoms with Crippen molar-refractivity contribution >= 4 is 5.78 Å². The zero-order valence-corrected chi connectivity index (χ0v) is 10.5. The van der Waals surface area contributed by atoms with Gasteiger partial charge < -0.3 is 10.2 Å². The van der Waals surface area contributed by atoms with Crippen molar-refractivity contribution in [1.82, 2.24) is 0 Å². The fraction of sp³-hybridized carbons (Fsp3) is 0.533. The molecule has 3 atom stereocenters. The van der Waals surface area contributed by atoms with Crippen molar-refractivity contribution in [3.05, 3.63) is 35.9 Å². The largest absolute Gasteiger partial charge is 0.392 e. The van der Waals surface area contributed by atoms with Crippen LogP contribution in [0.2, 0.25) is 0 Å². The van der Waals surface area contributed by atoms with Crippen molar-refractivity contribution < 1.29 is 15.0 Å². The maximum Gasteiger partial charge on any atom is 0.141 e. The summed E-state index contributed by atoms with van der Waals surface area (Å²) in [6, 6.07) is 9.89. The zero-order valence-electron chi connectivity index (χ0n) is 10.5. The Morgan fingerprint density at radius 2 is 2.00 bits per heavy atom. The highest BCUT2D eigenvalue weighted by Crippen LogP contribution is 2.26. The van der Waals surface area contributed by atoms with Gasteiger partial charge in [-0.15, -0.1) is 0 Å². The Morgan fingerprint density at radius 1 is 1.28 bits per heavy atom. The van der Waals surface area contributed by atoms with Crippen molar-refractivity contribution in [1.29, 1.82) is 0 Å². The van der Waals surface area contributed by atoms with Crippen molar-refractivity contribution in [3.8, 4) is 0 Å². The van der Waals surface area contributed by atoms with E-state index in [1.165, 1.54) is 0 Å². The fourth-order valence-electron chi connectivity index (χ4n) is 2.66. The third kappa shape index (κ3) is 3.18. The Morgan fingerprint density at radius 3 is 2.67 bits per heavy atom. The first-order chi connectivity index (χ1) is 8.68. The smallest absolute Gasteiger partial charge is 0.141 e. The number of carbonyl (C=O) groups is 1. The number of benzene rings is 1. The van der Waals surface area contributed by atoms with Gasteiger partial charge in [0.1, 0.15) is 5.78 Å². The van der Waals surface area contributed by atoms with Crippen LogP contribution >= 0.6 is 0 Å². The van der Waals surface area contributed by atoms with Crippen molar-refractivity contribution in [2.24, 2.45) is 5.92 Å². The van der Waals surface area contributed by atoms with E-state index in [0.29, 0.717) is 19.3 Å². The zero-order chi connectivity index (χ0) is 13.0. The average molecular weight is 248 g/mol. The molecular formula is C15H20O3. The molecule has 0 aromatic heterocycles. The van der Waals surface area contributed by atoms with Gasteiger partial charge >= 0.3 is 0 Å². The van der Waals surface area contributed by atoms with Gasteiger partial charge in [-0.1, -0.05) is 30.3 Å². The highest BCUT2D eigenvalue weighted by molar-refractivity contribution is 5.82. The van der Waals surface area contributed by atoms with Crippen LogP contribution in [0.15, 0.2) is 30.3 Å². The van der Waals surface area contributed by atoms with Crippen LogP contribution in [0, 0.1) is 5.92 Å². The summed E-state index contributed by atoms with van der Waals surface area (Å²) in [6.45, 7) is 0. The van der Waals surface area contributed by atoms with Gasteiger partial charge in [-0.2, -0.15) is 0 Å². The summed E-state index contributed by atoms with van der Waals surface area (Å²) in [6.07, 6.45) is 1.71. The lowest BCUT2D eigenvalue weighted by atomic mass is 9.80. The summed E-state index contributed by atoms with van der Waals surface area (Å²) in [5.74, 6) is -0.572. The number of aryl methyl sites for hydroxylation is 1. The monoisotopic (exact) mass is 248 g/mol. The first-order valence-electron chi connectivity index (χ1n) is 6.61. The van der Waals surface area contributed by atoms with Gasteiger partial charge in [0, 0.05) is 6.42 Å². The van der Waals surface area contributed by atoms with Crippen LogP contribution in [0.3, 0.4) is 0 Å². The molecule has 0 aliphatic heterocycles. The predicted octanol–water partition coefficient (Wildman–Crippen LogP) is 1.71. The molecule has 2 N–H and O–H groups in total. The second kappa shape index (κ2) is 6.12. The molecule has 1 saturated carbocycles. The number of aliphatic hydroxyl groups is 2. The molecule has 0 saturated heterocycles. The summed E-state index contributed by atoms with van der Waals surface area (Å²) >= 11 is 0. The second-order valence-electron chi connectivity index (χ2n) is 5.04. The van der Waals surface area contributed by atoms with E-state index in [1.807, 2.05) is 30.3 Å². The SMILES string of the molecule is O=C1CCC[C@@H](O)[C@@H]1[C@@H](O)CCc1ccccc1. The van der Waals surface area contributed by atoms with Crippen LogP contribution in [0.25, 0.3) is 0 Å². The quantitative estimate of drug-likeness (QED) is 0.853. The number of carbonyl (C=O) groups excluding carboxylic acids is 1. The van der Waals surface area contributed by atoms with E-state index in [2.05, 4.69) is 0 Å². The van der Waals surface area contributed by atoms with Gasteiger partial charge in [-0.25, -0.2) is 0 Å². The average Bonchev–Trinajstić information content (AvgIpc) is 2.37. The van der Waals surface area contributed by atoms with Gasteiger partial charge in [0.15, 0.2) is 0 Å². The van der Waals surface area contributed by atoms with Crippen LogP contribution < -0.4 is 0 Å². The van der Waals surface area contributed by atoms with E-state index >= 15 is 0 Å². The lowest BCUT2D eigenvalue weighted by Gasteiger charge is -2.30. The fourth-order valence-corrected chi connectivity index (χ4v) is 2.66. The molecule has 1 aromatic carbocycles. The number of ketones is 1. The van der Waals surface area contributed by atoms with E-state index < -0.39 is 18.1 Å². The normalized spacial score (nSPS) is 26.0. The summed E-state index contributed by atoms with van der Waals surface area (Å²) in [5, 5.41) is 19.9. The molecule has 1 aliphatic rings. The van der Waals surface area contributed by atoms with Gasteiger partial charge in [-0.05, 0) is 31.2 Å². The van der Waals surface area contributed by atoms with Gasteiger partial charge in [0.25, 0.3) is 0 Å². The topological polar surface area (TPSA) is 57.5 Å². The van der Waals surface area contributed by atoms with Gasteiger partial charge in [0.05, 0.1) is 18.1 Å². The molecule has 2 rings (SSSR count). The molecule has 3 heteroatoms. The third-order valence-corrected chi connectivity index (χ3v) is 3.70. The number of hydrogen-bond donors (Lipinski definition) is 2. The molecule has 0 radical (unpaired) electrons. The molecule has 18 heavy (non-hydrogen) atoms.